The van der Waals surface area contributed by atoms with Gasteiger partial charge in [-0.05, 0) is 49.1 Å². The molecule has 2 aliphatic rings. The number of amides is 2. The number of halogens is 3. The topological polar surface area (TPSA) is 183 Å². The van der Waals surface area contributed by atoms with Crippen molar-refractivity contribution in [2.75, 3.05) is 55.9 Å². The van der Waals surface area contributed by atoms with Crippen molar-refractivity contribution in [3.63, 3.8) is 0 Å². The van der Waals surface area contributed by atoms with Crippen molar-refractivity contribution in [3.05, 3.63) is 69.2 Å². The number of nitrogens with one attached hydrogen (secondary N) is 1. The van der Waals surface area contributed by atoms with Crippen LogP contribution in [0.4, 0.5) is 24.5 Å². The van der Waals surface area contributed by atoms with Crippen LogP contribution in [0.15, 0.2) is 40.4 Å². The van der Waals surface area contributed by atoms with Gasteiger partial charge < -0.3 is 34.1 Å². The van der Waals surface area contributed by atoms with Gasteiger partial charge in [-0.3, -0.25) is 14.4 Å². The van der Waals surface area contributed by atoms with Crippen molar-refractivity contribution < 1.29 is 37.2 Å². The molecule has 0 aliphatic carbocycles. The number of hydrogen-bond donors (Lipinski definition) is 2. The number of ether oxygens (including phenoxy) is 1. The predicted molar refractivity (Wildman–Crippen MR) is 179 cm³/mol. The molecule has 6 rings (SSSR count). The number of rotatable bonds is 8. The molecule has 1 saturated heterocycles. The van der Waals surface area contributed by atoms with Crippen molar-refractivity contribution in [2.45, 2.75) is 44.6 Å². The van der Waals surface area contributed by atoms with E-state index >= 15 is 0 Å². The number of nitrogens with zero attached hydrogens (tertiary/aromatic N) is 8. The first kappa shape index (κ1) is 35.8. The van der Waals surface area contributed by atoms with Gasteiger partial charge in [-0.2, -0.15) is 32.6 Å². The fourth-order valence-electron chi connectivity index (χ4n) is 6.05. The van der Waals surface area contributed by atoms with Gasteiger partial charge in [0, 0.05) is 43.0 Å². The van der Waals surface area contributed by atoms with Crippen LogP contribution >= 0.6 is 0 Å². The van der Waals surface area contributed by atoms with Gasteiger partial charge in [-0.25, -0.2) is 0 Å². The van der Waals surface area contributed by atoms with E-state index in [2.05, 4.69) is 25.4 Å². The minimum atomic E-state index is -4.54. The number of aromatic nitrogens is 6. The van der Waals surface area contributed by atoms with Crippen LogP contribution in [0, 0.1) is 6.92 Å². The number of aromatic hydroxyl groups is 1. The van der Waals surface area contributed by atoms with Gasteiger partial charge in [0.2, 0.25) is 11.7 Å². The number of benzene rings is 1. The maximum absolute atomic E-state index is 14.2. The highest BCUT2D eigenvalue weighted by Crippen LogP contribution is 2.32. The molecule has 0 saturated carbocycles. The zero-order valence-electron chi connectivity index (χ0n) is 27.9. The van der Waals surface area contributed by atoms with E-state index in [0.29, 0.717) is 31.2 Å². The van der Waals surface area contributed by atoms with Crippen molar-refractivity contribution in [2.24, 2.45) is 0 Å². The van der Waals surface area contributed by atoms with Crippen molar-refractivity contribution >= 4 is 45.7 Å². The molecular formula is C32H34F3N9O6S. The molecule has 15 nitrogen and oxygen atoms in total. The Morgan fingerprint density at radius 3 is 2.53 bits per heavy atom. The number of fused-ring (bicyclic) bond motifs is 1. The summed E-state index contributed by atoms with van der Waals surface area (Å²) in [7, 11) is 0. The van der Waals surface area contributed by atoms with Crippen LogP contribution in [0.25, 0.3) is 11.4 Å². The Morgan fingerprint density at radius 1 is 1.16 bits per heavy atom. The molecule has 19 heteroatoms. The van der Waals surface area contributed by atoms with E-state index in [-0.39, 0.29) is 72.7 Å². The van der Waals surface area contributed by atoms with E-state index in [0.717, 1.165) is 28.4 Å². The lowest BCUT2D eigenvalue weighted by atomic mass is 10.1. The van der Waals surface area contributed by atoms with Crippen LogP contribution in [0.2, 0.25) is 0 Å². The predicted octanol–water partition coefficient (Wildman–Crippen LogP) is 2.42. The number of aryl methyl sites for hydroxylation is 1. The summed E-state index contributed by atoms with van der Waals surface area (Å²) in [5, 5.41) is 17.4. The molecule has 0 spiro atoms. The van der Waals surface area contributed by atoms with E-state index < -0.39 is 46.0 Å². The number of carbonyl (C=O) groups is 2. The number of hydrogen-bond acceptors (Lipinski definition) is 11. The molecule has 2 N–H and O–H groups in total. The third-order valence-electron chi connectivity index (χ3n) is 8.63. The van der Waals surface area contributed by atoms with Crippen LogP contribution in [-0.4, -0.2) is 101 Å². The molecule has 2 amide bonds. The zero-order chi connectivity index (χ0) is 36.6. The van der Waals surface area contributed by atoms with Crippen molar-refractivity contribution in [3.8, 4) is 5.75 Å². The molecule has 3 aromatic heterocycles. The summed E-state index contributed by atoms with van der Waals surface area (Å²) in [5.41, 5.74) is 0.310. The van der Waals surface area contributed by atoms with E-state index in [1.165, 1.54) is 24.1 Å². The average molecular weight is 730 g/mol. The van der Waals surface area contributed by atoms with Crippen LogP contribution in [0.3, 0.4) is 0 Å². The van der Waals surface area contributed by atoms with Crippen molar-refractivity contribution in [1.29, 1.82) is 0 Å². The second kappa shape index (κ2) is 14.3. The third-order valence-corrected chi connectivity index (χ3v) is 9.34. The standard InChI is InChI=1S/C32H34F3N9O6S/c1-4-22-26(41-9-11-42(12-10-41)28(47)25-23(45)16-36-30(38-25)51(3)49)29(48)44-31(39-27(40-44)19-7-13-50-14-8-19)43(22)17-24(46)37-21-6-5-20(15-18(21)2)32(33,34)35/h5-7,15-16,45H,4,8-14,17H2,1-3H3,(H,37,46). The van der Waals surface area contributed by atoms with Crippen molar-refractivity contribution in [1.82, 2.24) is 34.0 Å². The third kappa shape index (κ3) is 7.26. The Balaban J connectivity index is 1.34. The lowest BCUT2D eigenvalue weighted by Crippen LogP contribution is -2.51. The molecule has 5 heterocycles. The van der Waals surface area contributed by atoms with E-state index in [1.807, 2.05) is 13.0 Å². The Hall–Kier alpha value is -5.01. The summed E-state index contributed by atoms with van der Waals surface area (Å²) in [6, 6.07) is 3.04. The van der Waals surface area contributed by atoms with Gasteiger partial charge in [0.15, 0.2) is 17.3 Å². The van der Waals surface area contributed by atoms with E-state index in [4.69, 9.17) is 4.74 Å². The van der Waals surface area contributed by atoms with Gasteiger partial charge in [0.05, 0.1) is 30.7 Å². The van der Waals surface area contributed by atoms with Gasteiger partial charge in [0.1, 0.15) is 18.5 Å². The Labute approximate surface area is 291 Å². The van der Waals surface area contributed by atoms with Gasteiger partial charge in [-0.15, -0.1) is 5.10 Å². The number of piperazine rings is 1. The molecule has 0 bridgehead atoms. The van der Waals surface area contributed by atoms with Gasteiger partial charge >= 0.3 is 11.3 Å². The lowest BCUT2D eigenvalue weighted by molar-refractivity contribution is -0.137. The number of carbonyl (C=O) groups excluding carboxylic acids is 2. The molecule has 1 unspecified atom stereocenters. The van der Waals surface area contributed by atoms with Crippen LogP contribution < -0.4 is 15.8 Å². The quantitative estimate of drug-likeness (QED) is 0.201. The lowest BCUT2D eigenvalue weighted by Gasteiger charge is -2.36. The summed E-state index contributed by atoms with van der Waals surface area (Å²) < 4.78 is 59.7. The Morgan fingerprint density at radius 2 is 1.90 bits per heavy atom. The first-order valence-corrected chi connectivity index (χ1v) is 17.5. The summed E-state index contributed by atoms with van der Waals surface area (Å²) in [6.45, 7) is 4.39. The maximum atomic E-state index is 14.2. The Bertz CT molecular complexity index is 2090. The van der Waals surface area contributed by atoms with Crippen LogP contribution in [0.1, 0.15) is 46.5 Å². The first-order valence-electron chi connectivity index (χ1n) is 16.0. The SMILES string of the molecule is CCc1c(N2CCN(C(=O)c3nc([S+](C)[O-])ncc3O)CC2)c(=O)n2nc(C3=CCOCC3)nc2n1CC(=O)Nc1ccc(C(F)(F)F)cc1C. The molecule has 2 aliphatic heterocycles. The molecule has 1 fully saturated rings. The van der Waals surface area contributed by atoms with E-state index in [9.17, 15) is 37.2 Å². The summed E-state index contributed by atoms with van der Waals surface area (Å²) in [4.78, 5) is 56.7. The minimum absolute atomic E-state index is 0.0996. The molecule has 1 aromatic carbocycles. The second-order valence-electron chi connectivity index (χ2n) is 11.9. The molecule has 270 valence electrons. The maximum Gasteiger partial charge on any atom is 0.416 e. The monoisotopic (exact) mass is 729 g/mol. The Kier molecular flexibility index (Phi) is 10.0. The fourth-order valence-corrected chi connectivity index (χ4v) is 6.47. The van der Waals surface area contributed by atoms with E-state index in [1.54, 1.807) is 9.47 Å². The van der Waals surface area contributed by atoms with Gasteiger partial charge in [0.25, 0.3) is 11.5 Å². The molecule has 4 aromatic rings. The highest BCUT2D eigenvalue weighted by Gasteiger charge is 2.32. The minimum Gasteiger partial charge on any atom is -0.609 e. The smallest absolute Gasteiger partial charge is 0.416 e. The normalized spacial score (nSPS) is 15.9. The molecular weight excluding hydrogens is 695 g/mol. The summed E-state index contributed by atoms with van der Waals surface area (Å²) >= 11 is -1.58. The molecule has 0 radical (unpaired) electrons. The largest absolute Gasteiger partial charge is 0.609 e. The molecule has 51 heavy (non-hydrogen) atoms. The number of alkyl halides is 3. The van der Waals surface area contributed by atoms with Crippen LogP contribution in [-0.2, 0) is 39.8 Å². The summed E-state index contributed by atoms with van der Waals surface area (Å²) in [6.07, 6.45) is 0.463. The highest BCUT2D eigenvalue weighted by atomic mass is 32.2. The fraction of sp³-hybridized carbons (Fsp3) is 0.406. The first-order chi connectivity index (χ1) is 24.3. The van der Waals surface area contributed by atoms with Crippen LogP contribution in [0.5, 0.6) is 5.75 Å². The highest BCUT2D eigenvalue weighted by molar-refractivity contribution is 7.90. The second-order valence-corrected chi connectivity index (χ2v) is 13.2. The average Bonchev–Trinajstić information content (AvgIpc) is 3.56. The van der Waals surface area contributed by atoms with Gasteiger partial charge in [-0.1, -0.05) is 13.0 Å². The zero-order valence-corrected chi connectivity index (χ0v) is 28.7. The molecule has 1 atom stereocenters. The summed E-state index contributed by atoms with van der Waals surface area (Å²) in [5.74, 6) is -1.20. The number of anilines is 2.